The number of benzene rings is 1. The van der Waals surface area contributed by atoms with E-state index in [0.29, 0.717) is 6.04 Å². The number of aryl methyl sites for hydroxylation is 1. The third-order valence-electron chi connectivity index (χ3n) is 2.54. The Hall–Kier alpha value is -0.600. The molecule has 1 N–H and O–H groups in total. The molecule has 15 heavy (non-hydrogen) atoms. The number of hydrogen-bond acceptors (Lipinski definition) is 1. The highest BCUT2D eigenvalue weighted by Gasteiger charge is 2.11. The molecular formula is C13H18BrN. The van der Waals surface area contributed by atoms with Crippen molar-refractivity contribution in [1.29, 1.82) is 0 Å². The third kappa shape index (κ3) is 3.47. The number of rotatable bonds is 5. The Bertz CT molecular complexity index is 333. The van der Waals surface area contributed by atoms with Crippen molar-refractivity contribution in [2.75, 3.05) is 7.05 Å². The molecule has 0 aliphatic carbocycles. The zero-order valence-corrected chi connectivity index (χ0v) is 11.0. The van der Waals surface area contributed by atoms with E-state index in [1.807, 2.05) is 13.1 Å². The van der Waals surface area contributed by atoms with Crippen molar-refractivity contribution in [2.24, 2.45) is 0 Å². The first-order valence-corrected chi connectivity index (χ1v) is 6.02. The molecule has 0 spiro atoms. The van der Waals surface area contributed by atoms with Crippen LogP contribution in [0.15, 0.2) is 35.3 Å². The molecule has 0 bridgehead atoms. The lowest BCUT2D eigenvalue weighted by Gasteiger charge is -2.17. The molecule has 0 fully saturated rings. The zero-order valence-electron chi connectivity index (χ0n) is 9.39. The van der Waals surface area contributed by atoms with Crippen LogP contribution in [-0.2, 0) is 0 Å². The highest BCUT2D eigenvalue weighted by Crippen LogP contribution is 2.27. The number of allylic oxidation sites excluding steroid dienone is 1. The molecule has 1 atom stereocenters. The van der Waals surface area contributed by atoms with Gasteiger partial charge < -0.3 is 5.32 Å². The van der Waals surface area contributed by atoms with Gasteiger partial charge in [-0.15, -0.1) is 6.58 Å². The van der Waals surface area contributed by atoms with Crippen LogP contribution in [-0.4, -0.2) is 7.05 Å². The Balaban J connectivity index is 2.86. The van der Waals surface area contributed by atoms with Crippen LogP contribution in [0.2, 0.25) is 0 Å². The smallest absolute Gasteiger partial charge is 0.0331 e. The first-order chi connectivity index (χ1) is 7.19. The van der Waals surface area contributed by atoms with Gasteiger partial charge in [0.25, 0.3) is 0 Å². The van der Waals surface area contributed by atoms with Crippen molar-refractivity contribution in [3.8, 4) is 0 Å². The van der Waals surface area contributed by atoms with Gasteiger partial charge in [0, 0.05) is 10.5 Å². The summed E-state index contributed by atoms with van der Waals surface area (Å²) in [6.45, 7) is 5.86. The lowest BCUT2D eigenvalue weighted by Crippen LogP contribution is -2.16. The van der Waals surface area contributed by atoms with Crippen LogP contribution in [0.25, 0.3) is 0 Å². The van der Waals surface area contributed by atoms with E-state index in [4.69, 9.17) is 0 Å². The van der Waals surface area contributed by atoms with E-state index >= 15 is 0 Å². The minimum absolute atomic E-state index is 0.401. The quantitative estimate of drug-likeness (QED) is 0.796. The van der Waals surface area contributed by atoms with Crippen molar-refractivity contribution >= 4 is 15.9 Å². The van der Waals surface area contributed by atoms with Crippen molar-refractivity contribution < 1.29 is 0 Å². The summed E-state index contributed by atoms with van der Waals surface area (Å²) in [5.41, 5.74) is 2.61. The highest BCUT2D eigenvalue weighted by atomic mass is 79.9. The molecule has 0 radical (unpaired) electrons. The fourth-order valence-corrected chi connectivity index (χ4v) is 2.42. The lowest BCUT2D eigenvalue weighted by molar-refractivity contribution is 0.553. The Morgan fingerprint density at radius 1 is 1.53 bits per heavy atom. The fraction of sp³-hybridized carbons (Fsp3) is 0.385. The van der Waals surface area contributed by atoms with Crippen LogP contribution < -0.4 is 5.32 Å². The summed E-state index contributed by atoms with van der Waals surface area (Å²) in [7, 11) is 2.00. The molecule has 1 aromatic rings. The molecule has 0 heterocycles. The van der Waals surface area contributed by atoms with Gasteiger partial charge in [0.05, 0.1) is 0 Å². The summed E-state index contributed by atoms with van der Waals surface area (Å²) in [6, 6.07) is 6.90. The molecule has 1 unspecified atom stereocenters. The van der Waals surface area contributed by atoms with Gasteiger partial charge in [-0.2, -0.15) is 0 Å². The Morgan fingerprint density at radius 2 is 2.27 bits per heavy atom. The minimum Gasteiger partial charge on any atom is -0.313 e. The molecule has 82 valence electrons. The van der Waals surface area contributed by atoms with Gasteiger partial charge in [0.1, 0.15) is 0 Å². The molecule has 1 aromatic carbocycles. The second-order valence-corrected chi connectivity index (χ2v) is 4.59. The van der Waals surface area contributed by atoms with Gasteiger partial charge in [0.2, 0.25) is 0 Å². The van der Waals surface area contributed by atoms with Crippen LogP contribution in [0.5, 0.6) is 0 Å². The molecule has 1 nitrogen and oxygen atoms in total. The molecule has 1 rings (SSSR count). The summed E-state index contributed by atoms with van der Waals surface area (Å²) >= 11 is 3.61. The van der Waals surface area contributed by atoms with Crippen LogP contribution in [0.1, 0.15) is 30.0 Å². The maximum absolute atomic E-state index is 3.76. The molecule has 0 aliphatic rings. The van der Waals surface area contributed by atoms with Gasteiger partial charge in [-0.1, -0.05) is 34.1 Å². The number of nitrogens with one attached hydrogen (secondary N) is 1. The Kier molecular flexibility index (Phi) is 5.06. The van der Waals surface area contributed by atoms with Gasteiger partial charge in [-0.25, -0.2) is 0 Å². The second kappa shape index (κ2) is 6.09. The topological polar surface area (TPSA) is 12.0 Å². The summed E-state index contributed by atoms with van der Waals surface area (Å²) in [5, 5.41) is 3.34. The summed E-state index contributed by atoms with van der Waals surface area (Å²) < 4.78 is 1.19. The predicted octanol–water partition coefficient (Wildman–Crippen LogP) is 3.98. The highest BCUT2D eigenvalue weighted by molar-refractivity contribution is 9.10. The summed E-state index contributed by atoms with van der Waals surface area (Å²) in [4.78, 5) is 0. The van der Waals surface area contributed by atoms with Crippen molar-refractivity contribution in [1.82, 2.24) is 5.32 Å². The fourth-order valence-electron chi connectivity index (χ4n) is 1.65. The molecule has 0 aromatic heterocycles. The SMILES string of the molecule is C=CCCC(NC)c1ccc(C)cc1Br. The predicted molar refractivity (Wildman–Crippen MR) is 70.1 cm³/mol. The number of hydrogen-bond donors (Lipinski definition) is 1. The first kappa shape index (κ1) is 12.5. The normalized spacial score (nSPS) is 12.5. The lowest BCUT2D eigenvalue weighted by atomic mass is 10.0. The average Bonchev–Trinajstić information content (AvgIpc) is 2.21. The van der Waals surface area contributed by atoms with Gasteiger partial charge in [0.15, 0.2) is 0 Å². The molecule has 0 saturated heterocycles. The largest absolute Gasteiger partial charge is 0.313 e. The van der Waals surface area contributed by atoms with E-state index in [9.17, 15) is 0 Å². The van der Waals surface area contributed by atoms with Gasteiger partial charge in [-0.05, 0) is 44.0 Å². The Labute approximate surface area is 101 Å². The monoisotopic (exact) mass is 267 g/mol. The van der Waals surface area contributed by atoms with Crippen LogP contribution in [0, 0.1) is 6.92 Å². The van der Waals surface area contributed by atoms with Crippen LogP contribution in [0.4, 0.5) is 0 Å². The molecule has 0 saturated carbocycles. The van der Waals surface area contributed by atoms with E-state index < -0.39 is 0 Å². The standard InChI is InChI=1S/C13H18BrN/c1-4-5-6-13(15-3)11-8-7-10(2)9-12(11)14/h4,7-9,13,15H,1,5-6H2,2-3H3. The maximum Gasteiger partial charge on any atom is 0.0331 e. The van der Waals surface area contributed by atoms with Crippen LogP contribution >= 0.6 is 15.9 Å². The summed E-state index contributed by atoms with van der Waals surface area (Å²) in [5.74, 6) is 0. The van der Waals surface area contributed by atoms with Crippen molar-refractivity contribution in [2.45, 2.75) is 25.8 Å². The number of halogens is 1. The van der Waals surface area contributed by atoms with Crippen molar-refractivity contribution in [3.05, 3.63) is 46.5 Å². The second-order valence-electron chi connectivity index (χ2n) is 3.73. The Morgan fingerprint density at radius 3 is 2.80 bits per heavy atom. The van der Waals surface area contributed by atoms with E-state index in [1.165, 1.54) is 15.6 Å². The molecule has 2 heteroatoms. The van der Waals surface area contributed by atoms with Gasteiger partial charge >= 0.3 is 0 Å². The van der Waals surface area contributed by atoms with E-state index in [0.717, 1.165) is 12.8 Å². The first-order valence-electron chi connectivity index (χ1n) is 5.23. The zero-order chi connectivity index (χ0) is 11.3. The van der Waals surface area contributed by atoms with Gasteiger partial charge in [-0.3, -0.25) is 0 Å². The van der Waals surface area contributed by atoms with Crippen LogP contribution in [0.3, 0.4) is 0 Å². The van der Waals surface area contributed by atoms with Crippen molar-refractivity contribution in [3.63, 3.8) is 0 Å². The summed E-state index contributed by atoms with van der Waals surface area (Å²) in [6.07, 6.45) is 4.08. The average molecular weight is 268 g/mol. The molecular weight excluding hydrogens is 250 g/mol. The minimum atomic E-state index is 0.401. The van der Waals surface area contributed by atoms with E-state index in [2.05, 4.69) is 52.9 Å². The maximum atomic E-state index is 3.76. The third-order valence-corrected chi connectivity index (χ3v) is 3.23. The molecule has 0 aliphatic heterocycles. The molecule has 0 amide bonds. The van der Waals surface area contributed by atoms with E-state index in [1.54, 1.807) is 0 Å². The van der Waals surface area contributed by atoms with E-state index in [-0.39, 0.29) is 0 Å².